The first-order valence-corrected chi connectivity index (χ1v) is 11.0. The van der Waals surface area contributed by atoms with Gasteiger partial charge in [0.15, 0.2) is 0 Å². The van der Waals surface area contributed by atoms with Crippen LogP contribution in [0.2, 0.25) is 0 Å². The van der Waals surface area contributed by atoms with Gasteiger partial charge in [0.05, 0.1) is 24.4 Å². The lowest BCUT2D eigenvalue weighted by Gasteiger charge is -2.32. The third-order valence-corrected chi connectivity index (χ3v) is 6.48. The molecule has 29 heavy (non-hydrogen) atoms. The molecule has 2 atom stereocenters. The molecule has 2 heterocycles. The summed E-state index contributed by atoms with van der Waals surface area (Å²) in [6.07, 6.45) is 7.57. The van der Waals surface area contributed by atoms with Crippen molar-refractivity contribution in [2.45, 2.75) is 63.0 Å². The topological polar surface area (TPSA) is 70.2 Å². The van der Waals surface area contributed by atoms with Crippen molar-refractivity contribution in [1.82, 2.24) is 20.4 Å². The maximum absolute atomic E-state index is 12.6. The molecule has 0 radical (unpaired) electrons. The first-order valence-electron chi connectivity index (χ1n) is 11.0. The van der Waals surface area contributed by atoms with Crippen molar-refractivity contribution in [3.05, 3.63) is 53.9 Å². The molecule has 156 valence electrons. The van der Waals surface area contributed by atoms with Crippen molar-refractivity contribution < 1.29 is 9.53 Å². The monoisotopic (exact) mass is 396 g/mol. The molecular formula is C23H32N4O2. The van der Waals surface area contributed by atoms with Gasteiger partial charge in [-0.2, -0.15) is 5.10 Å². The highest BCUT2D eigenvalue weighted by atomic mass is 16.5. The Bertz CT molecular complexity index is 756. The third-order valence-electron chi connectivity index (χ3n) is 6.48. The summed E-state index contributed by atoms with van der Waals surface area (Å²) in [5.41, 5.74) is 2.47. The lowest BCUT2D eigenvalue weighted by molar-refractivity contribution is -0.000471. The van der Waals surface area contributed by atoms with Gasteiger partial charge < -0.3 is 15.0 Å². The Morgan fingerprint density at radius 1 is 1.17 bits per heavy atom. The molecule has 6 nitrogen and oxygen atoms in total. The molecule has 1 aromatic heterocycles. The number of ether oxygens (including phenoxy) is 1. The number of carbonyl (C=O) groups is 1. The van der Waals surface area contributed by atoms with Gasteiger partial charge >= 0.3 is 6.03 Å². The summed E-state index contributed by atoms with van der Waals surface area (Å²) in [4.78, 5) is 14.5. The van der Waals surface area contributed by atoms with Gasteiger partial charge in [0.1, 0.15) is 0 Å². The van der Waals surface area contributed by atoms with Crippen LogP contribution < -0.4 is 5.32 Å². The second-order valence-electron chi connectivity index (χ2n) is 8.21. The number of amides is 2. The van der Waals surface area contributed by atoms with E-state index in [0.717, 1.165) is 31.5 Å². The first-order chi connectivity index (χ1) is 14.3. The van der Waals surface area contributed by atoms with Crippen molar-refractivity contribution in [3.8, 4) is 0 Å². The average molecular weight is 397 g/mol. The molecule has 1 aliphatic carbocycles. The minimum absolute atomic E-state index is 0.00641. The Balaban J connectivity index is 1.35. The van der Waals surface area contributed by atoms with Crippen LogP contribution in [-0.2, 0) is 4.74 Å². The summed E-state index contributed by atoms with van der Waals surface area (Å²) in [7, 11) is 0. The van der Waals surface area contributed by atoms with E-state index < -0.39 is 0 Å². The molecule has 6 heteroatoms. The zero-order valence-corrected chi connectivity index (χ0v) is 17.2. The van der Waals surface area contributed by atoms with Crippen molar-refractivity contribution in [2.24, 2.45) is 0 Å². The van der Waals surface area contributed by atoms with Gasteiger partial charge in [-0.25, -0.2) is 4.79 Å². The highest BCUT2D eigenvalue weighted by Crippen LogP contribution is 2.36. The van der Waals surface area contributed by atoms with E-state index in [1.54, 1.807) is 0 Å². The Labute approximate surface area is 173 Å². The Kier molecular flexibility index (Phi) is 6.49. The van der Waals surface area contributed by atoms with Crippen LogP contribution >= 0.6 is 0 Å². The molecule has 1 aromatic carbocycles. The van der Waals surface area contributed by atoms with Crippen molar-refractivity contribution in [2.75, 3.05) is 19.7 Å². The average Bonchev–Trinajstić information content (AvgIpc) is 3.43. The number of nitrogens with one attached hydrogen (secondary N) is 2. The third kappa shape index (κ3) is 4.64. The summed E-state index contributed by atoms with van der Waals surface area (Å²) < 4.78 is 6.38. The molecule has 0 bridgehead atoms. The number of aromatic amines is 1. The van der Waals surface area contributed by atoms with E-state index in [1.807, 2.05) is 24.1 Å². The SMILES string of the molecule is CCNC(=O)N1CC[C@H](c2cc[nH]n2)[C@@H]1CO[C@H]1CC[C@@H](c2ccccc2)CC1. The first kappa shape index (κ1) is 20.0. The zero-order valence-electron chi connectivity index (χ0n) is 17.2. The van der Waals surface area contributed by atoms with Crippen LogP contribution in [0.1, 0.15) is 62.1 Å². The lowest BCUT2D eigenvalue weighted by Crippen LogP contribution is -2.46. The van der Waals surface area contributed by atoms with Crippen molar-refractivity contribution >= 4 is 6.03 Å². The van der Waals surface area contributed by atoms with E-state index in [9.17, 15) is 4.79 Å². The molecule has 2 N–H and O–H groups in total. The van der Waals surface area contributed by atoms with E-state index in [2.05, 4.69) is 45.8 Å². The number of nitrogens with zero attached hydrogens (tertiary/aromatic N) is 2. The number of aromatic nitrogens is 2. The highest BCUT2D eigenvalue weighted by molar-refractivity contribution is 5.75. The smallest absolute Gasteiger partial charge is 0.317 e. The van der Waals surface area contributed by atoms with Crippen LogP contribution in [0, 0.1) is 0 Å². The van der Waals surface area contributed by atoms with E-state index in [-0.39, 0.29) is 24.1 Å². The summed E-state index contributed by atoms with van der Waals surface area (Å²) in [6, 6.07) is 12.9. The van der Waals surface area contributed by atoms with Gasteiger partial charge in [-0.3, -0.25) is 5.10 Å². The van der Waals surface area contributed by atoms with Crippen LogP contribution in [0.25, 0.3) is 0 Å². The fourth-order valence-corrected chi connectivity index (χ4v) is 4.91. The van der Waals surface area contributed by atoms with Crippen molar-refractivity contribution in [1.29, 1.82) is 0 Å². The Morgan fingerprint density at radius 3 is 2.66 bits per heavy atom. The van der Waals surface area contributed by atoms with E-state index in [0.29, 0.717) is 19.1 Å². The fourth-order valence-electron chi connectivity index (χ4n) is 4.91. The van der Waals surface area contributed by atoms with Crippen LogP contribution in [0.5, 0.6) is 0 Å². The van der Waals surface area contributed by atoms with Gasteiger partial charge in [-0.05, 0) is 56.6 Å². The number of likely N-dealkylation sites (tertiary alicyclic amines) is 1. The number of urea groups is 1. The van der Waals surface area contributed by atoms with Crippen LogP contribution in [-0.4, -0.2) is 53.0 Å². The Hall–Kier alpha value is -2.34. The molecule has 0 unspecified atom stereocenters. The van der Waals surface area contributed by atoms with Crippen LogP contribution in [0.4, 0.5) is 4.79 Å². The van der Waals surface area contributed by atoms with Crippen LogP contribution in [0.3, 0.4) is 0 Å². The largest absolute Gasteiger partial charge is 0.376 e. The molecule has 0 spiro atoms. The standard InChI is InChI=1S/C23H32N4O2/c1-2-24-23(28)27-15-13-20(21-12-14-25-26-21)22(27)16-29-19-10-8-18(9-11-19)17-6-4-3-5-7-17/h3-7,12,14,18-20,22H,2,8-11,13,15-16H2,1H3,(H,24,28)(H,25,26)/t18-,19+,20-,22+/m1/s1. The second-order valence-corrected chi connectivity index (χ2v) is 8.21. The maximum Gasteiger partial charge on any atom is 0.317 e. The number of H-pyrrole nitrogens is 1. The quantitative estimate of drug-likeness (QED) is 0.774. The van der Waals surface area contributed by atoms with Gasteiger partial charge in [0, 0.05) is 25.2 Å². The molecular weight excluding hydrogens is 364 g/mol. The van der Waals surface area contributed by atoms with Crippen molar-refractivity contribution in [3.63, 3.8) is 0 Å². The molecule has 2 aromatic rings. The van der Waals surface area contributed by atoms with Gasteiger partial charge in [-0.1, -0.05) is 30.3 Å². The molecule has 1 saturated heterocycles. The summed E-state index contributed by atoms with van der Waals surface area (Å²) in [5.74, 6) is 0.871. The minimum atomic E-state index is 0.00641. The molecule has 2 amide bonds. The molecule has 1 saturated carbocycles. The van der Waals surface area contributed by atoms with Gasteiger partial charge in [0.25, 0.3) is 0 Å². The molecule has 2 aliphatic rings. The Morgan fingerprint density at radius 2 is 1.97 bits per heavy atom. The highest BCUT2D eigenvalue weighted by Gasteiger charge is 2.39. The van der Waals surface area contributed by atoms with Gasteiger partial charge in [-0.15, -0.1) is 0 Å². The van der Waals surface area contributed by atoms with E-state index >= 15 is 0 Å². The van der Waals surface area contributed by atoms with Crippen LogP contribution in [0.15, 0.2) is 42.6 Å². The maximum atomic E-state index is 12.6. The van der Waals surface area contributed by atoms with Gasteiger partial charge in [0.2, 0.25) is 0 Å². The lowest BCUT2D eigenvalue weighted by atomic mass is 9.83. The summed E-state index contributed by atoms with van der Waals surface area (Å²) in [5, 5.41) is 10.2. The predicted octanol–water partition coefficient (Wildman–Crippen LogP) is 4.04. The second kappa shape index (κ2) is 9.44. The molecule has 2 fully saturated rings. The minimum Gasteiger partial charge on any atom is -0.376 e. The fraction of sp³-hybridized carbons (Fsp3) is 0.565. The number of carbonyl (C=O) groups excluding carboxylic acids is 1. The van der Waals surface area contributed by atoms with E-state index in [4.69, 9.17) is 4.74 Å². The number of benzene rings is 1. The number of hydrogen-bond donors (Lipinski definition) is 2. The predicted molar refractivity (Wildman–Crippen MR) is 113 cm³/mol. The molecule has 4 rings (SSSR count). The zero-order chi connectivity index (χ0) is 20.1. The normalized spacial score (nSPS) is 27.1. The summed E-state index contributed by atoms with van der Waals surface area (Å²) in [6.45, 7) is 3.92. The number of rotatable bonds is 6. The summed E-state index contributed by atoms with van der Waals surface area (Å²) >= 11 is 0. The number of hydrogen-bond acceptors (Lipinski definition) is 3. The van der Waals surface area contributed by atoms with E-state index in [1.165, 1.54) is 18.4 Å². The molecule has 1 aliphatic heterocycles.